The standard InChI is InChI=1S/C16H25N3O3S.ClH/c1-3-23(21,22)18-15-9-5-4-8-14(15)16(20)19-10-6-7-13(12-19)11-17-2;/h4-5,8-9,13,17-18H,3,6-7,10-12H2,1-2H3;1H. The molecule has 1 fully saturated rings. The summed E-state index contributed by atoms with van der Waals surface area (Å²) in [6.45, 7) is 3.87. The van der Waals surface area contributed by atoms with Crippen LogP contribution in [-0.4, -0.2) is 51.7 Å². The first-order chi connectivity index (χ1) is 11.0. The number of sulfonamides is 1. The molecular formula is C16H26ClN3O3S. The summed E-state index contributed by atoms with van der Waals surface area (Å²) < 4.78 is 26.1. The van der Waals surface area contributed by atoms with Crippen LogP contribution in [0.4, 0.5) is 5.69 Å². The molecule has 2 rings (SSSR count). The second kappa shape index (κ2) is 9.25. The first-order valence-electron chi connectivity index (χ1n) is 8.00. The molecule has 0 aromatic heterocycles. The summed E-state index contributed by atoms with van der Waals surface area (Å²) in [6.07, 6.45) is 2.08. The second-order valence-electron chi connectivity index (χ2n) is 5.87. The number of piperidine rings is 1. The number of rotatable bonds is 6. The lowest BCUT2D eigenvalue weighted by molar-refractivity contribution is 0.0675. The molecular weight excluding hydrogens is 350 g/mol. The van der Waals surface area contributed by atoms with Crippen molar-refractivity contribution in [2.75, 3.05) is 37.2 Å². The molecule has 1 atom stereocenters. The fraction of sp³-hybridized carbons (Fsp3) is 0.562. The number of anilines is 1. The van der Waals surface area contributed by atoms with Crippen LogP contribution in [0.15, 0.2) is 24.3 Å². The van der Waals surface area contributed by atoms with Crippen LogP contribution in [0.25, 0.3) is 0 Å². The Hall–Kier alpha value is -1.31. The van der Waals surface area contributed by atoms with Gasteiger partial charge in [0.2, 0.25) is 10.0 Å². The lowest BCUT2D eigenvalue weighted by Crippen LogP contribution is -2.42. The monoisotopic (exact) mass is 375 g/mol. The topological polar surface area (TPSA) is 78.5 Å². The minimum absolute atomic E-state index is 0. The van der Waals surface area contributed by atoms with Gasteiger partial charge in [-0.1, -0.05) is 12.1 Å². The zero-order chi connectivity index (χ0) is 16.9. The molecule has 0 aliphatic carbocycles. The summed E-state index contributed by atoms with van der Waals surface area (Å²) >= 11 is 0. The zero-order valence-corrected chi connectivity index (χ0v) is 15.8. The van der Waals surface area contributed by atoms with Crippen LogP contribution in [0.2, 0.25) is 0 Å². The Labute approximate surface area is 150 Å². The van der Waals surface area contributed by atoms with Crippen LogP contribution in [0.1, 0.15) is 30.1 Å². The molecule has 1 aromatic carbocycles. The number of nitrogens with one attached hydrogen (secondary N) is 2. The molecule has 1 aliphatic rings. The Bertz CT molecular complexity index is 650. The van der Waals surface area contributed by atoms with E-state index in [0.717, 1.165) is 19.4 Å². The highest BCUT2D eigenvalue weighted by atomic mass is 35.5. The van der Waals surface area contributed by atoms with Gasteiger partial charge in [-0.15, -0.1) is 12.4 Å². The molecule has 24 heavy (non-hydrogen) atoms. The van der Waals surface area contributed by atoms with Crippen molar-refractivity contribution in [1.29, 1.82) is 0 Å². The summed E-state index contributed by atoms with van der Waals surface area (Å²) in [7, 11) is -1.50. The van der Waals surface area contributed by atoms with Gasteiger partial charge in [0, 0.05) is 13.1 Å². The third-order valence-corrected chi connectivity index (χ3v) is 5.39. The summed E-state index contributed by atoms with van der Waals surface area (Å²) in [6, 6.07) is 6.79. The summed E-state index contributed by atoms with van der Waals surface area (Å²) in [5.74, 6) is 0.307. The second-order valence-corrected chi connectivity index (χ2v) is 7.88. The summed E-state index contributed by atoms with van der Waals surface area (Å²) in [5.41, 5.74) is 0.768. The van der Waals surface area contributed by atoms with Gasteiger partial charge in [-0.05, 0) is 51.4 Å². The van der Waals surface area contributed by atoms with E-state index in [1.807, 2.05) is 11.9 Å². The number of hydrogen-bond acceptors (Lipinski definition) is 4. The number of halogens is 1. The predicted molar refractivity (Wildman–Crippen MR) is 99.3 cm³/mol. The van der Waals surface area contributed by atoms with Gasteiger partial charge in [-0.25, -0.2) is 8.42 Å². The normalized spacial score (nSPS) is 17.9. The molecule has 0 spiro atoms. The van der Waals surface area contributed by atoms with E-state index in [2.05, 4.69) is 10.0 Å². The highest BCUT2D eigenvalue weighted by Crippen LogP contribution is 2.22. The Morgan fingerprint density at radius 3 is 2.71 bits per heavy atom. The Balaban J connectivity index is 0.00000288. The Morgan fingerprint density at radius 1 is 1.33 bits per heavy atom. The maximum atomic E-state index is 12.8. The molecule has 2 N–H and O–H groups in total. The zero-order valence-electron chi connectivity index (χ0n) is 14.1. The van der Waals surface area contributed by atoms with E-state index in [-0.39, 0.29) is 24.1 Å². The average Bonchev–Trinajstić information content (AvgIpc) is 2.55. The number of carbonyl (C=O) groups is 1. The quantitative estimate of drug-likeness (QED) is 0.796. The van der Waals surface area contributed by atoms with E-state index in [0.29, 0.717) is 30.3 Å². The number of amides is 1. The van der Waals surface area contributed by atoms with Crippen molar-refractivity contribution in [3.8, 4) is 0 Å². The summed E-state index contributed by atoms with van der Waals surface area (Å²) in [5, 5.41) is 3.16. The van der Waals surface area contributed by atoms with Crippen LogP contribution in [0.5, 0.6) is 0 Å². The van der Waals surface area contributed by atoms with Crippen molar-refractivity contribution in [2.45, 2.75) is 19.8 Å². The minimum Gasteiger partial charge on any atom is -0.338 e. The van der Waals surface area contributed by atoms with E-state index in [4.69, 9.17) is 0 Å². The molecule has 1 heterocycles. The van der Waals surface area contributed by atoms with Crippen LogP contribution in [0.3, 0.4) is 0 Å². The molecule has 1 saturated heterocycles. The lowest BCUT2D eigenvalue weighted by atomic mass is 9.97. The van der Waals surface area contributed by atoms with Crippen molar-refractivity contribution in [3.05, 3.63) is 29.8 Å². The number of hydrogen-bond donors (Lipinski definition) is 2. The third kappa shape index (κ3) is 5.36. The fourth-order valence-corrected chi connectivity index (χ4v) is 3.53. The molecule has 1 amide bonds. The number of nitrogens with zero attached hydrogens (tertiary/aromatic N) is 1. The van der Waals surface area contributed by atoms with Crippen LogP contribution in [0, 0.1) is 5.92 Å². The first-order valence-corrected chi connectivity index (χ1v) is 9.65. The van der Waals surface area contributed by atoms with Gasteiger partial charge < -0.3 is 10.2 Å². The van der Waals surface area contributed by atoms with Gasteiger partial charge in [-0.3, -0.25) is 9.52 Å². The molecule has 8 heteroatoms. The largest absolute Gasteiger partial charge is 0.338 e. The molecule has 1 unspecified atom stereocenters. The number of carbonyl (C=O) groups excluding carboxylic acids is 1. The van der Waals surface area contributed by atoms with Gasteiger partial charge in [0.05, 0.1) is 17.0 Å². The average molecular weight is 376 g/mol. The van der Waals surface area contributed by atoms with Crippen molar-refractivity contribution in [2.24, 2.45) is 5.92 Å². The smallest absolute Gasteiger partial charge is 0.255 e. The first kappa shape index (κ1) is 20.7. The van der Waals surface area contributed by atoms with Crippen LogP contribution in [-0.2, 0) is 10.0 Å². The minimum atomic E-state index is -3.41. The molecule has 0 saturated carbocycles. The van der Waals surface area contributed by atoms with E-state index in [1.165, 1.54) is 0 Å². The SMILES string of the molecule is CCS(=O)(=O)Nc1ccccc1C(=O)N1CCCC(CNC)C1.Cl. The van der Waals surface area contributed by atoms with Gasteiger partial charge in [-0.2, -0.15) is 0 Å². The maximum Gasteiger partial charge on any atom is 0.255 e. The van der Waals surface area contributed by atoms with Gasteiger partial charge in [0.1, 0.15) is 0 Å². The van der Waals surface area contributed by atoms with Crippen molar-refractivity contribution in [1.82, 2.24) is 10.2 Å². The Morgan fingerprint density at radius 2 is 2.04 bits per heavy atom. The predicted octanol–water partition coefficient (Wildman–Crippen LogP) is 1.94. The van der Waals surface area contributed by atoms with E-state index in [9.17, 15) is 13.2 Å². The van der Waals surface area contributed by atoms with E-state index in [1.54, 1.807) is 31.2 Å². The summed E-state index contributed by atoms with van der Waals surface area (Å²) in [4.78, 5) is 14.6. The van der Waals surface area contributed by atoms with E-state index >= 15 is 0 Å². The fourth-order valence-electron chi connectivity index (χ4n) is 2.87. The number of likely N-dealkylation sites (tertiary alicyclic amines) is 1. The van der Waals surface area contributed by atoms with Gasteiger partial charge in [0.15, 0.2) is 0 Å². The molecule has 136 valence electrons. The lowest BCUT2D eigenvalue weighted by Gasteiger charge is -2.33. The molecule has 0 radical (unpaired) electrons. The molecule has 6 nitrogen and oxygen atoms in total. The van der Waals surface area contributed by atoms with Crippen LogP contribution < -0.4 is 10.0 Å². The molecule has 0 bridgehead atoms. The van der Waals surface area contributed by atoms with Gasteiger partial charge >= 0.3 is 0 Å². The van der Waals surface area contributed by atoms with E-state index < -0.39 is 10.0 Å². The van der Waals surface area contributed by atoms with Crippen molar-refractivity contribution >= 4 is 34.0 Å². The number of benzene rings is 1. The highest BCUT2D eigenvalue weighted by molar-refractivity contribution is 7.92. The molecule has 1 aromatic rings. The number of para-hydroxylation sites is 1. The molecule has 1 aliphatic heterocycles. The van der Waals surface area contributed by atoms with Crippen molar-refractivity contribution in [3.63, 3.8) is 0 Å². The maximum absolute atomic E-state index is 12.8. The van der Waals surface area contributed by atoms with Crippen molar-refractivity contribution < 1.29 is 13.2 Å². The van der Waals surface area contributed by atoms with Gasteiger partial charge in [0.25, 0.3) is 5.91 Å². The highest BCUT2D eigenvalue weighted by Gasteiger charge is 2.26. The van der Waals surface area contributed by atoms with Crippen LogP contribution >= 0.6 is 12.4 Å². The third-order valence-electron chi connectivity index (χ3n) is 4.10. The Kier molecular flexibility index (Phi) is 7.99.